The van der Waals surface area contributed by atoms with Gasteiger partial charge < -0.3 is 26.4 Å². The number of nitrogens with two attached hydrogens (primary N) is 2. The second-order valence-electron chi connectivity index (χ2n) is 5.50. The van der Waals surface area contributed by atoms with Gasteiger partial charge in [0.15, 0.2) is 23.2 Å². The maximum absolute atomic E-state index is 14.2. The van der Waals surface area contributed by atoms with E-state index in [0.29, 0.717) is 0 Å². The summed E-state index contributed by atoms with van der Waals surface area (Å²) < 4.78 is 20.9. The molecule has 9 nitrogen and oxygen atoms in total. The fourth-order valence-corrected chi connectivity index (χ4v) is 2.90. The molecule has 1 aliphatic heterocycles. The zero-order valence-corrected chi connectivity index (χ0v) is 12.7. The van der Waals surface area contributed by atoms with Crippen LogP contribution in [0, 0.1) is 17.7 Å². The summed E-state index contributed by atoms with van der Waals surface area (Å²) in [5.41, 5.74) is 9.21. The Morgan fingerprint density at radius 1 is 1.62 bits per heavy atom. The van der Waals surface area contributed by atoms with E-state index >= 15 is 0 Å². The lowest BCUT2D eigenvalue weighted by atomic mass is 9.91. The Morgan fingerprint density at radius 3 is 2.96 bits per heavy atom. The van der Waals surface area contributed by atoms with E-state index in [1.54, 1.807) is 0 Å². The number of aliphatic hydroxyl groups is 2. The number of ether oxygens (including phenoxy) is 1. The van der Waals surface area contributed by atoms with Crippen molar-refractivity contribution in [3.05, 3.63) is 22.4 Å². The van der Waals surface area contributed by atoms with Crippen LogP contribution in [0.3, 0.4) is 0 Å². The molecule has 2 aromatic heterocycles. The lowest BCUT2D eigenvalue weighted by Crippen LogP contribution is -2.53. The number of aromatic amines is 1. The van der Waals surface area contributed by atoms with Crippen LogP contribution in [-0.4, -0.2) is 49.1 Å². The Balaban J connectivity index is 2.26. The molecular weight excluding hydrogens is 321 g/mol. The third-order valence-corrected chi connectivity index (χ3v) is 3.98. The lowest BCUT2D eigenvalue weighted by Gasteiger charge is -2.28. The standard InChI is InChI=1S/C14H16FN5O4/c1-2-3-14(17)9(22)7(5-21)24-12(14)20-4-6(15)8-10(20)18-13(16)19-11(8)23/h4,7,9,12,21-22H,5,17H2,1H3,(H3,16,18,19,23). The molecule has 1 aliphatic rings. The summed E-state index contributed by atoms with van der Waals surface area (Å²) in [6, 6.07) is 0. The smallest absolute Gasteiger partial charge is 0.264 e. The molecule has 0 saturated carbocycles. The molecule has 4 atom stereocenters. The molecule has 3 rings (SSSR count). The van der Waals surface area contributed by atoms with Crippen LogP contribution in [0.25, 0.3) is 11.0 Å². The third-order valence-electron chi connectivity index (χ3n) is 3.98. The minimum absolute atomic E-state index is 0.0998. The number of aliphatic hydroxyl groups excluding tert-OH is 2. The molecule has 4 unspecified atom stereocenters. The van der Waals surface area contributed by atoms with E-state index in [-0.39, 0.29) is 17.0 Å². The van der Waals surface area contributed by atoms with Crippen LogP contribution >= 0.6 is 0 Å². The molecular formula is C14H16FN5O4. The van der Waals surface area contributed by atoms with Gasteiger partial charge in [-0.05, 0) is 6.92 Å². The van der Waals surface area contributed by atoms with Gasteiger partial charge in [-0.25, -0.2) is 4.39 Å². The number of hydrogen-bond donors (Lipinski definition) is 5. The molecule has 10 heteroatoms. The molecule has 2 aromatic rings. The third kappa shape index (κ3) is 2.18. The summed E-state index contributed by atoms with van der Waals surface area (Å²) in [5.74, 6) is 4.16. The number of anilines is 1. The van der Waals surface area contributed by atoms with Crippen molar-refractivity contribution in [2.75, 3.05) is 12.3 Å². The number of nitrogen functional groups attached to an aromatic ring is 1. The number of nitrogens with one attached hydrogen (secondary N) is 1. The maximum atomic E-state index is 14.2. The van der Waals surface area contributed by atoms with E-state index in [1.165, 1.54) is 6.92 Å². The Hall–Kier alpha value is -2.45. The van der Waals surface area contributed by atoms with E-state index < -0.39 is 42.0 Å². The molecule has 0 radical (unpaired) electrons. The van der Waals surface area contributed by atoms with Crippen molar-refractivity contribution in [3.63, 3.8) is 0 Å². The number of rotatable bonds is 2. The van der Waals surface area contributed by atoms with Gasteiger partial charge in [0, 0.05) is 6.20 Å². The van der Waals surface area contributed by atoms with E-state index in [2.05, 4.69) is 21.8 Å². The summed E-state index contributed by atoms with van der Waals surface area (Å²) in [7, 11) is 0. The molecule has 1 saturated heterocycles. The largest absolute Gasteiger partial charge is 0.394 e. The van der Waals surface area contributed by atoms with Crippen LogP contribution in [0.1, 0.15) is 13.2 Å². The number of halogens is 1. The first kappa shape index (κ1) is 16.4. The van der Waals surface area contributed by atoms with Crippen molar-refractivity contribution < 1.29 is 19.3 Å². The molecule has 0 bridgehead atoms. The van der Waals surface area contributed by atoms with Crippen molar-refractivity contribution in [1.82, 2.24) is 14.5 Å². The lowest BCUT2D eigenvalue weighted by molar-refractivity contribution is -0.0446. The SMILES string of the molecule is CC#CC1(N)C(O)C(CO)OC1n1cc(F)c2c(=O)[nH]c(N)nc21. The van der Waals surface area contributed by atoms with Crippen LogP contribution in [0.2, 0.25) is 0 Å². The Labute approximate surface area is 135 Å². The molecule has 0 amide bonds. The van der Waals surface area contributed by atoms with E-state index in [9.17, 15) is 19.4 Å². The molecule has 0 aromatic carbocycles. The second kappa shape index (κ2) is 5.57. The highest BCUT2D eigenvalue weighted by Gasteiger charge is 2.54. The highest BCUT2D eigenvalue weighted by Crippen LogP contribution is 2.38. The summed E-state index contributed by atoms with van der Waals surface area (Å²) in [6.07, 6.45) is -2.57. The van der Waals surface area contributed by atoms with Crippen LogP contribution in [0.5, 0.6) is 0 Å². The molecule has 1 fully saturated rings. The van der Waals surface area contributed by atoms with Gasteiger partial charge in [-0.3, -0.25) is 14.3 Å². The topological polar surface area (TPSA) is 152 Å². The fraction of sp³-hybridized carbons (Fsp3) is 0.429. The Bertz CT molecular complexity index is 913. The molecule has 7 N–H and O–H groups in total. The quantitative estimate of drug-likeness (QED) is 0.414. The number of nitrogens with zero attached hydrogens (tertiary/aromatic N) is 2. The fourth-order valence-electron chi connectivity index (χ4n) is 2.90. The van der Waals surface area contributed by atoms with Crippen molar-refractivity contribution in [2.45, 2.75) is 30.9 Å². The average molecular weight is 337 g/mol. The first-order chi connectivity index (χ1) is 11.3. The number of H-pyrrole nitrogens is 1. The predicted molar refractivity (Wildman–Crippen MR) is 82.1 cm³/mol. The van der Waals surface area contributed by atoms with Gasteiger partial charge in [0.05, 0.1) is 6.61 Å². The van der Waals surface area contributed by atoms with E-state index in [4.69, 9.17) is 16.2 Å². The van der Waals surface area contributed by atoms with E-state index in [1.807, 2.05) is 0 Å². The van der Waals surface area contributed by atoms with Gasteiger partial charge in [-0.1, -0.05) is 5.92 Å². The summed E-state index contributed by atoms with van der Waals surface area (Å²) >= 11 is 0. The number of hydrogen-bond acceptors (Lipinski definition) is 7. The molecule has 128 valence electrons. The monoisotopic (exact) mass is 337 g/mol. The minimum Gasteiger partial charge on any atom is -0.394 e. The Morgan fingerprint density at radius 2 is 2.33 bits per heavy atom. The molecule has 0 spiro atoms. The van der Waals surface area contributed by atoms with Crippen LogP contribution < -0.4 is 17.0 Å². The summed E-state index contributed by atoms with van der Waals surface area (Å²) in [4.78, 5) is 18.0. The average Bonchev–Trinajstić information content (AvgIpc) is 2.96. The second-order valence-corrected chi connectivity index (χ2v) is 5.50. The van der Waals surface area contributed by atoms with Gasteiger partial charge >= 0.3 is 0 Å². The van der Waals surface area contributed by atoms with E-state index in [0.717, 1.165) is 10.8 Å². The van der Waals surface area contributed by atoms with Crippen molar-refractivity contribution in [3.8, 4) is 11.8 Å². The first-order valence-electron chi connectivity index (χ1n) is 7.06. The van der Waals surface area contributed by atoms with Crippen molar-refractivity contribution >= 4 is 17.0 Å². The first-order valence-corrected chi connectivity index (χ1v) is 7.06. The molecule has 0 aliphatic carbocycles. The van der Waals surface area contributed by atoms with Crippen LogP contribution in [-0.2, 0) is 4.74 Å². The van der Waals surface area contributed by atoms with Gasteiger partial charge in [-0.2, -0.15) is 4.98 Å². The highest BCUT2D eigenvalue weighted by atomic mass is 19.1. The van der Waals surface area contributed by atoms with Crippen LogP contribution in [0.4, 0.5) is 10.3 Å². The number of fused-ring (bicyclic) bond motifs is 1. The summed E-state index contributed by atoms with van der Waals surface area (Å²) in [5, 5.41) is 19.4. The van der Waals surface area contributed by atoms with Gasteiger partial charge in [-0.15, -0.1) is 5.92 Å². The van der Waals surface area contributed by atoms with Crippen molar-refractivity contribution in [1.29, 1.82) is 0 Å². The highest BCUT2D eigenvalue weighted by molar-refractivity contribution is 5.77. The predicted octanol–water partition coefficient (Wildman–Crippen LogP) is -1.58. The molecule has 24 heavy (non-hydrogen) atoms. The zero-order chi connectivity index (χ0) is 17.6. The molecule has 3 heterocycles. The zero-order valence-electron chi connectivity index (χ0n) is 12.7. The number of aromatic nitrogens is 3. The summed E-state index contributed by atoms with van der Waals surface area (Å²) in [6.45, 7) is 1.000. The maximum Gasteiger partial charge on any atom is 0.264 e. The van der Waals surface area contributed by atoms with Gasteiger partial charge in [0.2, 0.25) is 5.95 Å². The van der Waals surface area contributed by atoms with Crippen LogP contribution in [0.15, 0.2) is 11.0 Å². The van der Waals surface area contributed by atoms with Crippen molar-refractivity contribution in [2.24, 2.45) is 5.73 Å². The minimum atomic E-state index is -1.64. The van der Waals surface area contributed by atoms with Gasteiger partial charge in [0.25, 0.3) is 5.56 Å². The normalized spacial score (nSPS) is 29.6. The Kier molecular flexibility index (Phi) is 3.81. The van der Waals surface area contributed by atoms with Gasteiger partial charge in [0.1, 0.15) is 17.6 Å².